The van der Waals surface area contributed by atoms with Gasteiger partial charge in [-0.3, -0.25) is 4.79 Å². The third-order valence-electron chi connectivity index (χ3n) is 4.08. The molecule has 0 aliphatic heterocycles. The summed E-state index contributed by atoms with van der Waals surface area (Å²) in [5.74, 6) is -0.104. The largest absolute Gasteiger partial charge is 0.407 e. The summed E-state index contributed by atoms with van der Waals surface area (Å²) >= 11 is 0. The molecule has 1 rings (SSSR count). The molecule has 0 amide bonds. The highest BCUT2D eigenvalue weighted by atomic mass is 28.4. The molecule has 1 aliphatic carbocycles. The van der Waals surface area contributed by atoms with Gasteiger partial charge in [0.1, 0.15) is 12.2 Å². The smallest absolute Gasteiger partial charge is 0.193 e. The van der Waals surface area contributed by atoms with Crippen molar-refractivity contribution in [2.45, 2.75) is 76.8 Å². The fraction of sp³-hybridized carbons (Fsp3) is 0.923. The van der Waals surface area contributed by atoms with Gasteiger partial charge < -0.3 is 9.53 Å². The van der Waals surface area contributed by atoms with Crippen LogP contribution >= 0.6 is 0 Å². The lowest BCUT2D eigenvalue weighted by Crippen LogP contribution is -2.47. The van der Waals surface area contributed by atoms with Crippen molar-refractivity contribution in [3.05, 3.63) is 0 Å². The zero-order chi connectivity index (χ0) is 13.3. The van der Waals surface area contributed by atoms with E-state index >= 15 is 0 Å². The number of hydrogen-bond donors (Lipinski definition) is 1. The van der Waals surface area contributed by atoms with Crippen molar-refractivity contribution >= 4 is 14.1 Å². The van der Waals surface area contributed by atoms with Gasteiger partial charge in [-0.05, 0) is 31.0 Å². The Morgan fingerprint density at radius 3 is 2.29 bits per heavy atom. The van der Waals surface area contributed by atoms with Crippen LogP contribution in [-0.2, 0) is 9.22 Å². The molecular formula is C13H26O3Si. The summed E-state index contributed by atoms with van der Waals surface area (Å²) in [6.45, 7) is 10.8. The minimum absolute atomic E-state index is 0.102. The zero-order valence-corrected chi connectivity index (χ0v) is 12.7. The first-order valence-corrected chi connectivity index (χ1v) is 9.45. The van der Waals surface area contributed by atoms with E-state index in [-0.39, 0.29) is 16.9 Å². The summed E-state index contributed by atoms with van der Waals surface area (Å²) in [4.78, 5) is 12.0. The molecule has 0 unspecified atom stereocenters. The van der Waals surface area contributed by atoms with Gasteiger partial charge in [-0.1, -0.05) is 33.6 Å². The number of rotatable bonds is 2. The molecule has 0 aromatic carbocycles. The maximum atomic E-state index is 12.0. The SMILES string of the molecule is CC(C)(C)[Si](C)(C)O[C@H]1CCCC[C@H](O)C1=O. The van der Waals surface area contributed by atoms with E-state index in [2.05, 4.69) is 33.9 Å². The highest BCUT2D eigenvalue weighted by Crippen LogP contribution is 2.38. The first-order valence-electron chi connectivity index (χ1n) is 6.55. The van der Waals surface area contributed by atoms with Crippen LogP contribution in [0.3, 0.4) is 0 Å². The Labute approximate surface area is 106 Å². The third kappa shape index (κ3) is 3.63. The molecule has 0 spiro atoms. The van der Waals surface area contributed by atoms with E-state index in [4.69, 9.17) is 4.43 Å². The van der Waals surface area contributed by atoms with E-state index in [9.17, 15) is 9.90 Å². The van der Waals surface area contributed by atoms with E-state index in [1.54, 1.807) is 0 Å². The van der Waals surface area contributed by atoms with Gasteiger partial charge >= 0.3 is 0 Å². The first-order chi connectivity index (χ1) is 7.65. The maximum Gasteiger partial charge on any atom is 0.193 e. The molecule has 4 heteroatoms. The van der Waals surface area contributed by atoms with E-state index in [1.807, 2.05) is 0 Å². The Kier molecular flexibility index (Phi) is 4.55. The van der Waals surface area contributed by atoms with Gasteiger partial charge in [0.25, 0.3) is 0 Å². The van der Waals surface area contributed by atoms with E-state index in [0.717, 1.165) is 19.3 Å². The molecule has 17 heavy (non-hydrogen) atoms. The van der Waals surface area contributed by atoms with Gasteiger partial charge in [0.2, 0.25) is 0 Å². The fourth-order valence-corrected chi connectivity index (χ4v) is 3.11. The normalized spacial score (nSPS) is 28.0. The van der Waals surface area contributed by atoms with Crippen LogP contribution in [-0.4, -0.2) is 31.4 Å². The van der Waals surface area contributed by atoms with Crippen LogP contribution in [0.25, 0.3) is 0 Å². The van der Waals surface area contributed by atoms with Crippen LogP contribution < -0.4 is 0 Å². The second kappa shape index (κ2) is 5.20. The van der Waals surface area contributed by atoms with Crippen LogP contribution in [0, 0.1) is 0 Å². The highest BCUT2D eigenvalue weighted by Gasteiger charge is 2.41. The van der Waals surface area contributed by atoms with Gasteiger partial charge in [-0.25, -0.2) is 0 Å². The van der Waals surface area contributed by atoms with Crippen LogP contribution in [0.4, 0.5) is 0 Å². The summed E-state index contributed by atoms with van der Waals surface area (Å²) < 4.78 is 6.14. The van der Waals surface area contributed by atoms with Crippen LogP contribution in [0.1, 0.15) is 46.5 Å². The van der Waals surface area contributed by atoms with E-state index < -0.39 is 14.4 Å². The van der Waals surface area contributed by atoms with E-state index in [1.165, 1.54) is 0 Å². The predicted molar refractivity (Wildman–Crippen MR) is 71.6 cm³/mol. The van der Waals surface area contributed by atoms with Crippen molar-refractivity contribution in [3.63, 3.8) is 0 Å². The number of aliphatic hydroxyl groups excluding tert-OH is 1. The predicted octanol–water partition coefficient (Wildman–Crippen LogP) is 2.88. The molecule has 0 saturated heterocycles. The Balaban J connectivity index is 2.75. The van der Waals surface area contributed by atoms with Crippen LogP contribution in [0.5, 0.6) is 0 Å². The molecule has 3 nitrogen and oxygen atoms in total. The summed E-state index contributed by atoms with van der Waals surface area (Å²) in [6, 6.07) is 0. The minimum atomic E-state index is -1.92. The standard InChI is InChI=1S/C13H26O3Si/c1-13(2,3)17(4,5)16-11-9-7-6-8-10(14)12(11)15/h10-11,14H,6-9H2,1-5H3/t10-,11-/m0/s1. The summed E-state index contributed by atoms with van der Waals surface area (Å²) in [7, 11) is -1.92. The molecule has 1 aliphatic rings. The van der Waals surface area contributed by atoms with Crippen molar-refractivity contribution in [2.24, 2.45) is 0 Å². The maximum absolute atomic E-state index is 12.0. The summed E-state index contributed by atoms with van der Waals surface area (Å²) in [6.07, 6.45) is 2.06. The van der Waals surface area contributed by atoms with E-state index in [0.29, 0.717) is 6.42 Å². The lowest BCUT2D eigenvalue weighted by Gasteiger charge is -2.38. The number of carbonyl (C=O) groups excluding carboxylic acids is 1. The first kappa shape index (κ1) is 14.9. The lowest BCUT2D eigenvalue weighted by molar-refractivity contribution is -0.134. The average Bonchev–Trinajstić information content (AvgIpc) is 2.31. The number of aliphatic hydroxyl groups is 1. The molecule has 2 atom stereocenters. The second-order valence-corrected chi connectivity index (χ2v) is 11.3. The zero-order valence-electron chi connectivity index (χ0n) is 11.7. The van der Waals surface area contributed by atoms with Crippen LogP contribution in [0.2, 0.25) is 18.1 Å². The molecule has 0 bridgehead atoms. The molecule has 0 heterocycles. The molecule has 0 aromatic heterocycles. The topological polar surface area (TPSA) is 46.5 Å². The number of carbonyl (C=O) groups is 1. The monoisotopic (exact) mass is 258 g/mol. The van der Waals surface area contributed by atoms with Crippen molar-refractivity contribution in [3.8, 4) is 0 Å². The molecule has 0 aromatic rings. The highest BCUT2D eigenvalue weighted by molar-refractivity contribution is 6.74. The van der Waals surface area contributed by atoms with Gasteiger partial charge in [0, 0.05) is 0 Å². The second-order valence-electron chi connectivity index (χ2n) is 6.57. The van der Waals surface area contributed by atoms with Crippen molar-refractivity contribution < 1.29 is 14.3 Å². The van der Waals surface area contributed by atoms with Crippen molar-refractivity contribution in [2.75, 3.05) is 0 Å². The fourth-order valence-electron chi connectivity index (χ4n) is 1.82. The summed E-state index contributed by atoms with van der Waals surface area (Å²) in [5, 5.41) is 9.82. The number of ketones is 1. The Morgan fingerprint density at radius 2 is 1.76 bits per heavy atom. The number of hydrogen-bond acceptors (Lipinski definition) is 3. The molecular weight excluding hydrogens is 232 g/mol. The van der Waals surface area contributed by atoms with Gasteiger partial charge in [-0.15, -0.1) is 0 Å². The van der Waals surface area contributed by atoms with Crippen molar-refractivity contribution in [1.29, 1.82) is 0 Å². The molecule has 0 radical (unpaired) electrons. The Hall–Kier alpha value is -0.193. The van der Waals surface area contributed by atoms with Gasteiger partial charge in [0.15, 0.2) is 14.1 Å². The average molecular weight is 258 g/mol. The third-order valence-corrected chi connectivity index (χ3v) is 8.57. The van der Waals surface area contributed by atoms with Gasteiger partial charge in [0.05, 0.1) is 0 Å². The summed E-state index contributed by atoms with van der Waals surface area (Å²) in [5.41, 5.74) is 0. The molecule has 1 N–H and O–H groups in total. The molecule has 1 fully saturated rings. The van der Waals surface area contributed by atoms with Crippen LogP contribution in [0.15, 0.2) is 0 Å². The lowest BCUT2D eigenvalue weighted by atomic mass is 10.1. The van der Waals surface area contributed by atoms with Crippen molar-refractivity contribution in [1.82, 2.24) is 0 Å². The molecule has 100 valence electrons. The minimum Gasteiger partial charge on any atom is -0.407 e. The van der Waals surface area contributed by atoms with Gasteiger partial charge in [-0.2, -0.15) is 0 Å². The molecule has 1 saturated carbocycles. The number of Topliss-reactive ketones (excluding diaryl/α,β-unsaturated/α-hetero) is 1. The Morgan fingerprint density at radius 1 is 1.24 bits per heavy atom. The Bertz CT molecular complexity index is 281. The quantitative estimate of drug-likeness (QED) is 0.612.